The van der Waals surface area contributed by atoms with Gasteiger partial charge in [-0.1, -0.05) is 45.4 Å². The molecule has 0 heterocycles. The van der Waals surface area contributed by atoms with Crippen LogP contribution in [0.15, 0.2) is 12.1 Å². The van der Waals surface area contributed by atoms with Crippen LogP contribution >= 0.6 is 8.46 Å². The lowest BCUT2D eigenvalue weighted by Gasteiger charge is -2.30. The molecule has 0 atom stereocenters. The summed E-state index contributed by atoms with van der Waals surface area (Å²) in [5.41, 5.74) is 3.89. The smallest absolute Gasteiger partial charge is 0.181 e. The molecule has 0 saturated carbocycles. The highest BCUT2D eigenvalue weighted by atomic mass is 31.1. The van der Waals surface area contributed by atoms with Gasteiger partial charge in [-0.25, -0.2) is 0 Å². The van der Waals surface area contributed by atoms with Gasteiger partial charge < -0.3 is 0 Å². The van der Waals surface area contributed by atoms with Crippen LogP contribution in [0, 0.1) is 32.6 Å². The lowest BCUT2D eigenvalue weighted by atomic mass is 9.80. The Hall–Kier alpha value is -1.01. The number of carbonyl (C=O) groups is 1. The summed E-state index contributed by atoms with van der Waals surface area (Å²) in [6.45, 7) is 14.3. The van der Waals surface area contributed by atoms with Crippen molar-refractivity contribution in [3.63, 3.8) is 0 Å². The van der Waals surface area contributed by atoms with Crippen LogP contribution in [0.4, 0.5) is 0 Å². The minimum Gasteiger partial charge on any atom is -0.293 e. The third kappa shape index (κ3) is 4.26. The molecule has 1 aromatic rings. The average Bonchev–Trinajstić information content (AvgIpc) is 2.35. The fourth-order valence-corrected chi connectivity index (χ4v) is 4.58. The van der Waals surface area contributed by atoms with Gasteiger partial charge in [0.1, 0.15) is 5.16 Å². The summed E-state index contributed by atoms with van der Waals surface area (Å²) in [6.07, 6.45) is 1.31. The van der Waals surface area contributed by atoms with E-state index in [2.05, 4.69) is 27.7 Å². The molecule has 0 spiro atoms. The van der Waals surface area contributed by atoms with Crippen LogP contribution in [0.25, 0.3) is 0 Å². The Bertz CT molecular complexity index is 526. The van der Waals surface area contributed by atoms with E-state index in [9.17, 15) is 9.36 Å². The number of hydrogen-bond donors (Lipinski definition) is 0. The van der Waals surface area contributed by atoms with E-state index in [4.69, 9.17) is 0 Å². The van der Waals surface area contributed by atoms with Gasteiger partial charge in [0.25, 0.3) is 0 Å². The second kappa shape index (κ2) is 7.51. The van der Waals surface area contributed by atoms with Crippen molar-refractivity contribution >= 4 is 14.2 Å². The molecule has 2 nitrogen and oxygen atoms in total. The molecule has 122 valence electrons. The fraction of sp³-hybridized carbons (Fsp3) is 0.632. The standard InChI is InChI=1S/C19H29O2P/c1-12(2)10-19(22-21,11-13(3)4)18(20)17-15(6)8-14(5)9-16(17)7/h8-9,12-13H,10-11H2,1-7H3. The lowest BCUT2D eigenvalue weighted by molar-refractivity contribution is 0.0909. The first-order valence-corrected chi connectivity index (χ1v) is 8.91. The van der Waals surface area contributed by atoms with Crippen molar-refractivity contribution in [3.8, 4) is 0 Å². The molecule has 1 rings (SSSR count). The van der Waals surface area contributed by atoms with Gasteiger partial charge in [0.05, 0.1) is 0 Å². The number of benzene rings is 1. The molecular formula is C19H29O2P. The first-order valence-electron chi connectivity index (χ1n) is 8.10. The van der Waals surface area contributed by atoms with Gasteiger partial charge >= 0.3 is 0 Å². The van der Waals surface area contributed by atoms with Crippen LogP contribution in [0.1, 0.15) is 67.6 Å². The number of aryl methyl sites for hydroxylation is 3. The second-order valence-corrected chi connectivity index (χ2v) is 8.46. The number of Topliss-reactive ketones (excluding diaryl/α,β-unsaturated/α-hetero) is 1. The molecule has 0 amide bonds. The predicted octanol–water partition coefficient (Wildman–Crippen LogP) is 5.92. The first kappa shape index (κ1) is 19.0. The van der Waals surface area contributed by atoms with E-state index >= 15 is 0 Å². The molecule has 0 aliphatic carbocycles. The highest BCUT2D eigenvalue weighted by molar-refractivity contribution is 7.28. The van der Waals surface area contributed by atoms with Crippen LogP contribution in [0.2, 0.25) is 0 Å². The summed E-state index contributed by atoms with van der Waals surface area (Å²) in [5, 5.41) is -0.799. The lowest BCUT2D eigenvalue weighted by Crippen LogP contribution is -2.37. The van der Waals surface area contributed by atoms with E-state index in [-0.39, 0.29) is 14.2 Å². The van der Waals surface area contributed by atoms with E-state index in [0.29, 0.717) is 24.7 Å². The zero-order valence-corrected chi connectivity index (χ0v) is 15.9. The Labute approximate surface area is 136 Å². The van der Waals surface area contributed by atoms with Crippen LogP contribution in [0.5, 0.6) is 0 Å². The normalized spacial score (nSPS) is 12.4. The van der Waals surface area contributed by atoms with Gasteiger partial charge in [-0.3, -0.25) is 9.36 Å². The van der Waals surface area contributed by atoms with Crippen molar-refractivity contribution in [1.82, 2.24) is 0 Å². The maximum atomic E-state index is 13.3. The topological polar surface area (TPSA) is 34.1 Å². The summed E-state index contributed by atoms with van der Waals surface area (Å²) < 4.78 is 12.1. The molecule has 1 aromatic carbocycles. The highest BCUT2D eigenvalue weighted by Gasteiger charge is 2.42. The number of ketones is 1. The molecule has 3 heteroatoms. The molecule has 0 aliphatic heterocycles. The van der Waals surface area contributed by atoms with E-state index < -0.39 is 5.16 Å². The molecule has 0 aliphatic rings. The van der Waals surface area contributed by atoms with E-state index in [1.807, 2.05) is 32.9 Å². The Kier molecular flexibility index (Phi) is 6.50. The second-order valence-electron chi connectivity index (χ2n) is 7.42. The fourth-order valence-electron chi connectivity index (χ4n) is 3.51. The van der Waals surface area contributed by atoms with Gasteiger partial charge in [-0.2, -0.15) is 0 Å². The van der Waals surface area contributed by atoms with Crippen LogP contribution in [-0.4, -0.2) is 10.9 Å². The van der Waals surface area contributed by atoms with Crippen molar-refractivity contribution in [2.45, 2.75) is 66.5 Å². The Morgan fingerprint density at radius 2 is 1.41 bits per heavy atom. The summed E-state index contributed by atoms with van der Waals surface area (Å²) >= 11 is 0. The van der Waals surface area contributed by atoms with Gasteiger partial charge in [-0.15, -0.1) is 0 Å². The largest absolute Gasteiger partial charge is 0.293 e. The molecule has 22 heavy (non-hydrogen) atoms. The molecule has 0 N–H and O–H groups in total. The Morgan fingerprint density at radius 1 is 1.00 bits per heavy atom. The number of carbonyl (C=O) groups excluding carboxylic acids is 1. The minimum absolute atomic E-state index is 0.0431. The molecular weight excluding hydrogens is 291 g/mol. The van der Waals surface area contributed by atoms with Crippen molar-refractivity contribution in [3.05, 3.63) is 34.4 Å². The van der Waals surface area contributed by atoms with Crippen molar-refractivity contribution in [1.29, 1.82) is 0 Å². The molecule has 0 unspecified atom stereocenters. The monoisotopic (exact) mass is 320 g/mol. The van der Waals surface area contributed by atoms with Crippen LogP contribution < -0.4 is 0 Å². The number of rotatable bonds is 7. The van der Waals surface area contributed by atoms with E-state index in [0.717, 1.165) is 22.3 Å². The van der Waals surface area contributed by atoms with Gasteiger partial charge in [0, 0.05) is 5.56 Å². The zero-order chi connectivity index (χ0) is 17.1. The minimum atomic E-state index is -0.799. The summed E-state index contributed by atoms with van der Waals surface area (Å²) in [6, 6.07) is 4.08. The summed E-state index contributed by atoms with van der Waals surface area (Å²) in [7, 11) is -0.0500. The molecule has 0 radical (unpaired) electrons. The predicted molar refractivity (Wildman–Crippen MR) is 94.2 cm³/mol. The van der Waals surface area contributed by atoms with Gasteiger partial charge in [-0.05, 0) is 56.6 Å². The quantitative estimate of drug-likeness (QED) is 0.462. The third-order valence-electron chi connectivity index (χ3n) is 3.99. The van der Waals surface area contributed by atoms with Gasteiger partial charge in [0.15, 0.2) is 14.2 Å². The summed E-state index contributed by atoms with van der Waals surface area (Å²) in [5.74, 6) is 0.701. The van der Waals surface area contributed by atoms with E-state index in [1.165, 1.54) is 0 Å². The summed E-state index contributed by atoms with van der Waals surface area (Å²) in [4.78, 5) is 13.3. The SMILES string of the molecule is Cc1cc(C)c(C(=O)C(CC(C)C)(CC(C)C)P=O)c(C)c1. The van der Waals surface area contributed by atoms with Crippen molar-refractivity contribution < 1.29 is 9.36 Å². The van der Waals surface area contributed by atoms with Crippen LogP contribution in [0.3, 0.4) is 0 Å². The van der Waals surface area contributed by atoms with E-state index in [1.54, 1.807) is 0 Å². The molecule has 0 bridgehead atoms. The maximum Gasteiger partial charge on any atom is 0.181 e. The Morgan fingerprint density at radius 3 is 1.73 bits per heavy atom. The van der Waals surface area contributed by atoms with Crippen molar-refractivity contribution in [2.75, 3.05) is 0 Å². The maximum absolute atomic E-state index is 13.3. The van der Waals surface area contributed by atoms with Crippen molar-refractivity contribution in [2.24, 2.45) is 11.8 Å². The molecule has 0 fully saturated rings. The Balaban J connectivity index is 3.42. The third-order valence-corrected chi connectivity index (χ3v) is 4.91. The molecule has 0 aromatic heterocycles. The zero-order valence-electron chi connectivity index (χ0n) is 15.0. The number of hydrogen-bond acceptors (Lipinski definition) is 2. The first-order chi connectivity index (χ1) is 10.1. The van der Waals surface area contributed by atoms with Crippen LogP contribution in [-0.2, 0) is 4.57 Å². The molecule has 0 saturated heterocycles. The van der Waals surface area contributed by atoms with Gasteiger partial charge in [0.2, 0.25) is 0 Å². The average molecular weight is 320 g/mol. The highest BCUT2D eigenvalue weighted by Crippen LogP contribution is 2.41.